The van der Waals surface area contributed by atoms with Gasteiger partial charge in [0.25, 0.3) is 0 Å². The minimum atomic E-state index is -1.00. The lowest BCUT2D eigenvalue weighted by molar-refractivity contribution is 0.0694. The first-order valence-corrected chi connectivity index (χ1v) is 11.5. The molecule has 178 valence electrons. The predicted molar refractivity (Wildman–Crippen MR) is 132 cm³/mol. The number of aromatic nitrogens is 1. The van der Waals surface area contributed by atoms with Gasteiger partial charge in [0.1, 0.15) is 24.3 Å². The smallest absolute Gasteiger partial charge is 0.534 e. The van der Waals surface area contributed by atoms with Gasteiger partial charge in [0.05, 0.1) is 11.5 Å². The van der Waals surface area contributed by atoms with Gasteiger partial charge in [0.2, 0.25) is 0 Å². The summed E-state index contributed by atoms with van der Waals surface area (Å²) in [5, 5.41) is 18.3. The van der Waals surface area contributed by atoms with Gasteiger partial charge in [-0.25, -0.2) is 9.78 Å². The number of para-hydroxylation sites is 1. The number of benzene rings is 1. The molecule has 0 spiro atoms. The van der Waals surface area contributed by atoms with Crippen molar-refractivity contribution in [1.82, 2.24) is 10.3 Å². The second kappa shape index (κ2) is 13.5. The van der Waals surface area contributed by atoms with E-state index in [1.807, 2.05) is 18.4 Å². The molecule has 1 atom stereocenters. The van der Waals surface area contributed by atoms with Gasteiger partial charge in [-0.1, -0.05) is 49.6 Å². The van der Waals surface area contributed by atoms with Crippen molar-refractivity contribution >= 4 is 35.3 Å². The van der Waals surface area contributed by atoms with E-state index < -0.39 is 13.1 Å². The highest BCUT2D eigenvalue weighted by molar-refractivity contribution is 7.13. The summed E-state index contributed by atoms with van der Waals surface area (Å²) in [6.45, 7) is 5.43. The van der Waals surface area contributed by atoms with E-state index in [0.29, 0.717) is 17.3 Å². The molecule has 11 heteroatoms. The number of carbonyl (C=O) groups is 1. The van der Waals surface area contributed by atoms with Crippen LogP contribution in [-0.4, -0.2) is 49.1 Å². The first kappa shape index (κ1) is 26.2. The van der Waals surface area contributed by atoms with E-state index in [4.69, 9.17) is 20.1 Å². The van der Waals surface area contributed by atoms with Gasteiger partial charge in [0.15, 0.2) is 5.13 Å². The Kier molecular flexibility index (Phi) is 10.7. The maximum absolute atomic E-state index is 11.1. The van der Waals surface area contributed by atoms with Gasteiger partial charge < -0.3 is 30.3 Å². The number of carboxylic acid groups (broad SMARTS) is 1. The Bertz CT molecular complexity index is 945. The molecule has 1 aliphatic carbocycles. The first-order chi connectivity index (χ1) is 15.9. The number of hydrogen-bond acceptors (Lipinski definition) is 9. The number of carboxylic acids is 1. The van der Waals surface area contributed by atoms with Crippen LogP contribution in [0.5, 0.6) is 5.75 Å². The maximum atomic E-state index is 11.1. The van der Waals surface area contributed by atoms with E-state index in [1.54, 1.807) is 12.3 Å². The van der Waals surface area contributed by atoms with Crippen molar-refractivity contribution in [2.24, 2.45) is 5.16 Å². The Morgan fingerprint density at radius 3 is 2.58 bits per heavy atom. The summed E-state index contributed by atoms with van der Waals surface area (Å²) in [6.07, 6.45) is 8.20. The molecule has 33 heavy (non-hydrogen) atoms. The Morgan fingerprint density at radius 2 is 2.09 bits per heavy atom. The molecular weight excluding hydrogens is 443 g/mol. The summed E-state index contributed by atoms with van der Waals surface area (Å²) in [5.41, 5.74) is 7.94. The number of nitrogen functional groups attached to an aromatic ring is 1. The van der Waals surface area contributed by atoms with Gasteiger partial charge >= 0.3 is 13.1 Å². The fraction of sp³-hybridized carbons (Fsp3) is 0.409. The van der Waals surface area contributed by atoms with Crippen molar-refractivity contribution in [3.05, 3.63) is 53.2 Å². The zero-order valence-electron chi connectivity index (χ0n) is 19.2. The molecule has 1 fully saturated rings. The molecule has 1 aromatic heterocycles. The Labute approximate surface area is 198 Å². The third-order valence-electron chi connectivity index (χ3n) is 5.01. The molecular formula is C22H31BN4O5S. The molecule has 4 rings (SSSR count). The fourth-order valence-electron chi connectivity index (χ4n) is 2.97. The molecule has 0 amide bonds. The van der Waals surface area contributed by atoms with E-state index >= 15 is 0 Å². The first-order valence-electron chi connectivity index (χ1n) is 10.6. The molecule has 2 aromatic rings. The van der Waals surface area contributed by atoms with Crippen LogP contribution in [-0.2, 0) is 15.9 Å². The van der Waals surface area contributed by atoms with Crippen LogP contribution in [0.1, 0.15) is 54.2 Å². The lowest BCUT2D eigenvalue weighted by Gasteiger charge is -2.30. The summed E-state index contributed by atoms with van der Waals surface area (Å²) < 4.78 is 10.8. The van der Waals surface area contributed by atoms with Crippen LogP contribution in [0.2, 0.25) is 0 Å². The van der Waals surface area contributed by atoms with Crippen molar-refractivity contribution in [2.75, 3.05) is 20.0 Å². The van der Waals surface area contributed by atoms with Gasteiger partial charge in [-0.3, -0.25) is 0 Å². The molecule has 0 radical (unpaired) electrons. The van der Waals surface area contributed by atoms with Crippen LogP contribution >= 0.6 is 11.3 Å². The van der Waals surface area contributed by atoms with Crippen molar-refractivity contribution in [1.29, 1.82) is 0 Å². The highest BCUT2D eigenvalue weighted by atomic mass is 32.1. The van der Waals surface area contributed by atoms with E-state index in [-0.39, 0.29) is 11.5 Å². The minimum absolute atomic E-state index is 0.0796. The van der Waals surface area contributed by atoms with E-state index in [1.165, 1.54) is 57.3 Å². The number of nitrogens with one attached hydrogen (secondary N) is 1. The number of anilines is 1. The largest absolute Gasteiger partial charge is 0.549 e. The van der Waals surface area contributed by atoms with E-state index in [2.05, 4.69) is 26.9 Å². The van der Waals surface area contributed by atoms with Crippen LogP contribution in [0.3, 0.4) is 0 Å². The number of nitrogens with zero attached hydrogens (tertiary/aromatic N) is 2. The highest BCUT2D eigenvalue weighted by Crippen LogP contribution is 2.30. The average molecular weight is 474 g/mol. The zero-order valence-corrected chi connectivity index (χ0v) is 20.1. The van der Waals surface area contributed by atoms with Crippen LogP contribution in [0.4, 0.5) is 5.13 Å². The highest BCUT2D eigenvalue weighted by Gasteiger charge is 2.37. The van der Waals surface area contributed by atoms with Crippen molar-refractivity contribution in [3.8, 4) is 5.75 Å². The van der Waals surface area contributed by atoms with Crippen molar-refractivity contribution in [3.63, 3.8) is 0 Å². The molecule has 0 bridgehead atoms. The fourth-order valence-corrected chi connectivity index (χ4v) is 3.58. The standard InChI is InChI=1S/C12H14BNO4.C6H9N3OS.C4H8/c1-3-14-10-7-8-5-4-6-9(12(15)16)11(8)18-13(10)17-2;1-4(9-10-2)5-3-11-6(7)8-5;1-2-4-3-1/h3-6,10,14H,1,7H2,2H3,(H,15,16);3H,1-2H3,(H2,7,8);1-4H2/b;9-4-;. The second-order valence-electron chi connectivity index (χ2n) is 7.35. The monoisotopic (exact) mass is 474 g/mol. The Morgan fingerprint density at radius 1 is 1.39 bits per heavy atom. The molecule has 1 unspecified atom stereocenters. The molecule has 1 aromatic carbocycles. The minimum Gasteiger partial charge on any atom is -0.534 e. The number of oxime groups is 1. The van der Waals surface area contributed by atoms with Gasteiger partial charge in [-0.05, 0) is 31.2 Å². The summed E-state index contributed by atoms with van der Waals surface area (Å²) in [6, 6.07) is 5.09. The average Bonchev–Trinajstić information content (AvgIpc) is 3.19. The summed E-state index contributed by atoms with van der Waals surface area (Å²) in [7, 11) is 2.49. The number of rotatable bonds is 6. The molecule has 2 heterocycles. The number of fused-ring (bicyclic) bond motifs is 1. The molecule has 4 N–H and O–H groups in total. The van der Waals surface area contributed by atoms with Crippen LogP contribution in [0.25, 0.3) is 0 Å². The Hall–Kier alpha value is -3.05. The normalized spacial score (nSPS) is 16.4. The third-order valence-corrected chi connectivity index (χ3v) is 5.69. The molecule has 9 nitrogen and oxygen atoms in total. The maximum Gasteiger partial charge on any atom is 0.549 e. The number of hydrogen-bond donors (Lipinski definition) is 3. The Balaban J connectivity index is 0.000000216. The lowest BCUT2D eigenvalue weighted by Crippen LogP contribution is -2.50. The molecule has 1 saturated carbocycles. The van der Waals surface area contributed by atoms with Crippen LogP contribution in [0.15, 0.2) is 41.5 Å². The summed E-state index contributed by atoms with van der Waals surface area (Å²) >= 11 is 1.39. The molecule has 0 saturated heterocycles. The molecule has 2 aliphatic rings. The number of nitrogens with two attached hydrogens (primary N) is 1. The molecule has 1 aliphatic heterocycles. The zero-order chi connectivity index (χ0) is 24.2. The third kappa shape index (κ3) is 7.79. The van der Waals surface area contributed by atoms with Gasteiger partial charge in [-0.15, -0.1) is 11.3 Å². The summed E-state index contributed by atoms with van der Waals surface area (Å²) in [5.74, 6) is -0.695. The topological polar surface area (TPSA) is 128 Å². The SMILES string of the molecule is C1CCC1.C=CNC1Cc2cccc(C(=O)O)c2OB1OC.CO/N=C(/C)c1csc(N)n1. The lowest BCUT2D eigenvalue weighted by atomic mass is 9.72. The van der Waals surface area contributed by atoms with Crippen LogP contribution in [0, 0.1) is 0 Å². The van der Waals surface area contributed by atoms with E-state index in [9.17, 15) is 4.79 Å². The number of aromatic carboxylic acids is 1. The van der Waals surface area contributed by atoms with Crippen LogP contribution < -0.4 is 15.7 Å². The van der Waals surface area contributed by atoms with Crippen molar-refractivity contribution < 1.29 is 24.0 Å². The predicted octanol–water partition coefficient (Wildman–Crippen LogP) is 3.75. The van der Waals surface area contributed by atoms with E-state index in [0.717, 1.165) is 17.0 Å². The summed E-state index contributed by atoms with van der Waals surface area (Å²) in [4.78, 5) is 19.7. The number of thiazole rings is 1. The second-order valence-corrected chi connectivity index (χ2v) is 8.24. The quantitative estimate of drug-likeness (QED) is 0.328. The van der Waals surface area contributed by atoms with Crippen molar-refractivity contribution in [2.45, 2.75) is 45.0 Å². The van der Waals surface area contributed by atoms with Gasteiger partial charge in [0, 0.05) is 12.5 Å². The van der Waals surface area contributed by atoms with Gasteiger partial charge in [-0.2, -0.15) is 0 Å².